The van der Waals surface area contributed by atoms with E-state index in [1.165, 1.54) is 7.11 Å². The Hall–Kier alpha value is -1.23. The van der Waals surface area contributed by atoms with Gasteiger partial charge in [0.15, 0.2) is 11.5 Å². The van der Waals surface area contributed by atoms with Crippen molar-refractivity contribution >= 4 is 21.8 Å². The molecule has 4 nitrogen and oxygen atoms in total. The summed E-state index contributed by atoms with van der Waals surface area (Å²) in [6, 6.07) is 5.27. The zero-order chi connectivity index (χ0) is 12.8. The van der Waals surface area contributed by atoms with Crippen LogP contribution in [-0.2, 0) is 0 Å². The standard InChI is InChI=1S/C12H16BrNO3/c1-14(8-7-13)12(15)9-5-4-6-10(16-2)11(9)17-3/h4-6H,7-8H2,1-3H3. The Bertz CT molecular complexity index is 395. The first-order valence-corrected chi connectivity index (χ1v) is 6.30. The lowest BCUT2D eigenvalue weighted by molar-refractivity contribution is 0.0800. The highest BCUT2D eigenvalue weighted by atomic mass is 79.9. The molecule has 0 saturated heterocycles. The van der Waals surface area contributed by atoms with Gasteiger partial charge in [0.25, 0.3) is 5.91 Å². The van der Waals surface area contributed by atoms with Crippen LogP contribution in [-0.4, -0.2) is 43.9 Å². The van der Waals surface area contributed by atoms with Crippen LogP contribution in [0.2, 0.25) is 0 Å². The topological polar surface area (TPSA) is 38.8 Å². The Morgan fingerprint density at radius 1 is 1.35 bits per heavy atom. The first kappa shape index (κ1) is 13.8. The van der Waals surface area contributed by atoms with Gasteiger partial charge in [0.05, 0.1) is 19.8 Å². The highest BCUT2D eigenvalue weighted by molar-refractivity contribution is 9.09. The van der Waals surface area contributed by atoms with Crippen molar-refractivity contribution in [3.63, 3.8) is 0 Å². The Morgan fingerprint density at radius 3 is 2.59 bits per heavy atom. The number of nitrogens with zero attached hydrogens (tertiary/aromatic N) is 1. The van der Waals surface area contributed by atoms with Gasteiger partial charge in [-0.1, -0.05) is 22.0 Å². The number of benzene rings is 1. The van der Waals surface area contributed by atoms with Crippen LogP contribution in [0.15, 0.2) is 18.2 Å². The van der Waals surface area contributed by atoms with E-state index in [9.17, 15) is 4.79 Å². The van der Waals surface area contributed by atoms with Gasteiger partial charge in [-0.05, 0) is 12.1 Å². The van der Waals surface area contributed by atoms with Crippen LogP contribution in [0.3, 0.4) is 0 Å². The molecule has 0 atom stereocenters. The Labute approximate surface area is 110 Å². The minimum Gasteiger partial charge on any atom is -0.493 e. The zero-order valence-electron chi connectivity index (χ0n) is 10.2. The zero-order valence-corrected chi connectivity index (χ0v) is 11.8. The number of methoxy groups -OCH3 is 2. The van der Waals surface area contributed by atoms with Gasteiger partial charge in [-0.3, -0.25) is 4.79 Å². The quantitative estimate of drug-likeness (QED) is 0.783. The number of rotatable bonds is 5. The van der Waals surface area contributed by atoms with Gasteiger partial charge >= 0.3 is 0 Å². The van der Waals surface area contributed by atoms with E-state index in [0.29, 0.717) is 23.6 Å². The first-order valence-electron chi connectivity index (χ1n) is 5.18. The maximum Gasteiger partial charge on any atom is 0.257 e. The van der Waals surface area contributed by atoms with E-state index in [1.54, 1.807) is 37.3 Å². The summed E-state index contributed by atoms with van der Waals surface area (Å²) in [7, 11) is 4.83. The van der Waals surface area contributed by atoms with E-state index in [0.717, 1.165) is 5.33 Å². The summed E-state index contributed by atoms with van der Waals surface area (Å²) in [4.78, 5) is 13.8. The summed E-state index contributed by atoms with van der Waals surface area (Å²) in [6.45, 7) is 0.638. The lowest BCUT2D eigenvalue weighted by atomic mass is 10.1. The third-order valence-electron chi connectivity index (χ3n) is 2.40. The maximum absolute atomic E-state index is 12.2. The monoisotopic (exact) mass is 301 g/mol. The molecule has 0 aliphatic carbocycles. The Balaban J connectivity index is 3.08. The average Bonchev–Trinajstić information content (AvgIpc) is 2.36. The van der Waals surface area contributed by atoms with Crippen LogP contribution in [0.25, 0.3) is 0 Å². The van der Waals surface area contributed by atoms with Crippen LogP contribution in [0.1, 0.15) is 10.4 Å². The van der Waals surface area contributed by atoms with Crippen molar-refractivity contribution in [1.29, 1.82) is 0 Å². The smallest absolute Gasteiger partial charge is 0.257 e. The summed E-state index contributed by atoms with van der Waals surface area (Å²) in [5.41, 5.74) is 0.510. The van der Waals surface area contributed by atoms with Crippen molar-refractivity contribution in [1.82, 2.24) is 4.90 Å². The Kier molecular flexibility index (Phi) is 5.28. The second-order valence-electron chi connectivity index (χ2n) is 3.46. The molecular formula is C12H16BrNO3. The van der Waals surface area contributed by atoms with E-state index in [-0.39, 0.29) is 5.91 Å². The predicted molar refractivity (Wildman–Crippen MR) is 70.3 cm³/mol. The lowest BCUT2D eigenvalue weighted by Crippen LogP contribution is -2.28. The van der Waals surface area contributed by atoms with Crippen molar-refractivity contribution in [3.05, 3.63) is 23.8 Å². The van der Waals surface area contributed by atoms with Crippen molar-refractivity contribution < 1.29 is 14.3 Å². The SMILES string of the molecule is COc1cccc(C(=O)N(C)CCBr)c1OC. The molecule has 0 heterocycles. The summed E-state index contributed by atoms with van der Waals surface area (Å²) in [6.07, 6.45) is 0. The number of amides is 1. The molecule has 0 unspecified atom stereocenters. The van der Waals surface area contributed by atoms with Gasteiger partial charge in [-0.2, -0.15) is 0 Å². The van der Waals surface area contributed by atoms with E-state index in [1.807, 2.05) is 0 Å². The number of alkyl halides is 1. The third kappa shape index (κ3) is 3.12. The molecule has 94 valence electrons. The summed E-state index contributed by atoms with van der Waals surface area (Å²) in [5, 5.41) is 0.738. The van der Waals surface area contributed by atoms with Gasteiger partial charge in [0.1, 0.15) is 0 Å². The Morgan fingerprint density at radius 2 is 2.06 bits per heavy atom. The van der Waals surface area contributed by atoms with Gasteiger partial charge in [0.2, 0.25) is 0 Å². The van der Waals surface area contributed by atoms with E-state index >= 15 is 0 Å². The second kappa shape index (κ2) is 6.49. The van der Waals surface area contributed by atoms with E-state index in [2.05, 4.69) is 15.9 Å². The number of hydrogen-bond acceptors (Lipinski definition) is 3. The molecule has 5 heteroatoms. The van der Waals surface area contributed by atoms with Crippen molar-refractivity contribution in [2.45, 2.75) is 0 Å². The van der Waals surface area contributed by atoms with Gasteiger partial charge in [-0.25, -0.2) is 0 Å². The molecule has 0 aliphatic rings. The van der Waals surface area contributed by atoms with Crippen LogP contribution in [0, 0.1) is 0 Å². The molecule has 0 aromatic heterocycles. The molecule has 1 rings (SSSR count). The molecule has 0 fully saturated rings. The molecular weight excluding hydrogens is 286 g/mol. The fourth-order valence-electron chi connectivity index (χ4n) is 1.49. The van der Waals surface area contributed by atoms with Gasteiger partial charge in [0, 0.05) is 18.9 Å². The molecule has 0 radical (unpaired) electrons. The molecule has 0 N–H and O–H groups in total. The average molecular weight is 302 g/mol. The van der Waals surface area contributed by atoms with Crippen molar-refractivity contribution in [2.24, 2.45) is 0 Å². The second-order valence-corrected chi connectivity index (χ2v) is 4.25. The normalized spacial score (nSPS) is 9.88. The van der Waals surface area contributed by atoms with Crippen LogP contribution in [0.4, 0.5) is 0 Å². The van der Waals surface area contributed by atoms with E-state index in [4.69, 9.17) is 9.47 Å². The number of ether oxygens (including phenoxy) is 2. The minimum atomic E-state index is -0.0831. The number of hydrogen-bond donors (Lipinski definition) is 0. The largest absolute Gasteiger partial charge is 0.493 e. The number of carbonyl (C=O) groups is 1. The van der Waals surface area contributed by atoms with Crippen LogP contribution >= 0.6 is 15.9 Å². The summed E-state index contributed by atoms with van der Waals surface area (Å²) >= 11 is 3.30. The maximum atomic E-state index is 12.2. The highest BCUT2D eigenvalue weighted by Crippen LogP contribution is 2.31. The number of carbonyl (C=O) groups excluding carboxylic acids is 1. The third-order valence-corrected chi connectivity index (χ3v) is 2.75. The fourth-order valence-corrected chi connectivity index (χ4v) is 2.02. The number of halogens is 1. The van der Waals surface area contributed by atoms with Gasteiger partial charge in [-0.15, -0.1) is 0 Å². The summed E-state index contributed by atoms with van der Waals surface area (Å²) < 4.78 is 10.4. The van der Waals surface area contributed by atoms with Crippen LogP contribution < -0.4 is 9.47 Å². The first-order chi connectivity index (χ1) is 8.15. The molecule has 1 aromatic carbocycles. The van der Waals surface area contributed by atoms with Crippen molar-refractivity contribution in [3.8, 4) is 11.5 Å². The molecule has 1 aromatic rings. The molecule has 0 spiro atoms. The van der Waals surface area contributed by atoms with Crippen molar-refractivity contribution in [2.75, 3.05) is 33.1 Å². The molecule has 0 saturated carbocycles. The molecule has 1 amide bonds. The minimum absolute atomic E-state index is 0.0831. The van der Waals surface area contributed by atoms with Crippen LogP contribution in [0.5, 0.6) is 11.5 Å². The van der Waals surface area contributed by atoms with E-state index < -0.39 is 0 Å². The predicted octanol–water partition coefficient (Wildman–Crippen LogP) is 2.17. The molecule has 17 heavy (non-hydrogen) atoms. The van der Waals surface area contributed by atoms with Gasteiger partial charge < -0.3 is 14.4 Å². The fraction of sp³-hybridized carbons (Fsp3) is 0.417. The number of para-hydroxylation sites is 1. The summed E-state index contributed by atoms with van der Waals surface area (Å²) in [5.74, 6) is 0.951. The molecule has 0 bridgehead atoms. The lowest BCUT2D eigenvalue weighted by Gasteiger charge is -2.18. The molecule has 0 aliphatic heterocycles. The highest BCUT2D eigenvalue weighted by Gasteiger charge is 2.18.